The molecule has 1 aliphatic heterocycles. The number of halogens is 1. The Labute approximate surface area is 179 Å². The van der Waals surface area contributed by atoms with Gasteiger partial charge in [-0.15, -0.1) is 0 Å². The maximum Gasteiger partial charge on any atom is 0.333 e. The van der Waals surface area contributed by atoms with E-state index in [1.165, 1.54) is 38.4 Å². The highest BCUT2D eigenvalue weighted by atomic mass is 35.5. The summed E-state index contributed by atoms with van der Waals surface area (Å²) in [6, 6.07) is 9.41. The van der Waals surface area contributed by atoms with Crippen LogP contribution in [-0.4, -0.2) is 51.7 Å². The second-order valence-electron chi connectivity index (χ2n) is 6.44. The first kappa shape index (κ1) is 21.9. The fourth-order valence-corrected chi connectivity index (χ4v) is 3.49. The number of hydrogen-bond acceptors (Lipinski definition) is 7. The number of carbonyl (C=O) groups is 2. The molecule has 1 heterocycles. The number of fused-ring (bicyclic) bond motifs is 1. The monoisotopic (exact) mass is 435 g/mol. The predicted molar refractivity (Wildman–Crippen MR) is 108 cm³/mol. The summed E-state index contributed by atoms with van der Waals surface area (Å²) in [5.41, 5.74) is 1.76. The molecule has 0 saturated heterocycles. The normalized spacial score (nSPS) is 14.9. The maximum absolute atomic E-state index is 13.5. The van der Waals surface area contributed by atoms with Crippen molar-refractivity contribution in [2.75, 3.05) is 34.9 Å². The van der Waals surface area contributed by atoms with Crippen molar-refractivity contribution in [3.8, 4) is 11.5 Å². The van der Waals surface area contributed by atoms with E-state index in [0.29, 0.717) is 0 Å². The van der Waals surface area contributed by atoms with E-state index in [4.69, 9.17) is 35.3 Å². The molecule has 1 unspecified atom stereocenters. The summed E-state index contributed by atoms with van der Waals surface area (Å²) >= 11 is 6.31. The quantitative estimate of drug-likeness (QED) is 0.465. The summed E-state index contributed by atoms with van der Waals surface area (Å²) in [7, 11) is 4.23. The summed E-state index contributed by atoms with van der Waals surface area (Å²) < 4.78 is 25.8. The molecule has 0 aromatic heterocycles. The molecule has 1 amide bonds. The Morgan fingerprint density at radius 2 is 1.70 bits per heavy atom. The van der Waals surface area contributed by atoms with Crippen LogP contribution in [0.5, 0.6) is 11.5 Å². The lowest BCUT2D eigenvalue weighted by Crippen LogP contribution is -2.34. The minimum atomic E-state index is -0.864. The molecule has 0 radical (unpaired) electrons. The average molecular weight is 436 g/mol. The Morgan fingerprint density at radius 1 is 1.03 bits per heavy atom. The van der Waals surface area contributed by atoms with Crippen molar-refractivity contribution in [2.24, 2.45) is 0 Å². The molecule has 0 bridgehead atoms. The van der Waals surface area contributed by atoms with Crippen molar-refractivity contribution >= 4 is 23.5 Å². The number of rotatable bonds is 8. The van der Waals surface area contributed by atoms with E-state index in [2.05, 4.69) is 0 Å². The van der Waals surface area contributed by atoms with Gasteiger partial charge in [0.2, 0.25) is 0 Å². The van der Waals surface area contributed by atoms with Gasteiger partial charge in [-0.05, 0) is 17.2 Å². The van der Waals surface area contributed by atoms with Gasteiger partial charge in [-0.1, -0.05) is 35.9 Å². The zero-order chi connectivity index (χ0) is 21.7. The minimum absolute atomic E-state index is 0.0252. The minimum Gasteiger partial charge on any atom is -0.467 e. The highest BCUT2D eigenvalue weighted by molar-refractivity contribution is 6.32. The van der Waals surface area contributed by atoms with E-state index in [9.17, 15) is 9.59 Å². The second kappa shape index (κ2) is 9.80. The first-order chi connectivity index (χ1) is 14.5. The Kier molecular flexibility index (Phi) is 7.15. The van der Waals surface area contributed by atoms with E-state index < -0.39 is 17.9 Å². The maximum atomic E-state index is 13.5. The summed E-state index contributed by atoms with van der Waals surface area (Å²) in [4.78, 5) is 27.4. The number of benzene rings is 2. The molecular weight excluding hydrogens is 414 g/mol. The van der Waals surface area contributed by atoms with Crippen LogP contribution in [0.3, 0.4) is 0 Å². The van der Waals surface area contributed by atoms with Crippen LogP contribution in [0.25, 0.3) is 0 Å². The van der Waals surface area contributed by atoms with Crippen LogP contribution >= 0.6 is 11.6 Å². The molecule has 0 fully saturated rings. The predicted octanol–water partition coefficient (Wildman–Crippen LogP) is 3.18. The van der Waals surface area contributed by atoms with Gasteiger partial charge >= 0.3 is 5.97 Å². The van der Waals surface area contributed by atoms with E-state index in [1.807, 2.05) is 18.2 Å². The molecule has 8 nitrogen and oxygen atoms in total. The Morgan fingerprint density at radius 3 is 2.37 bits per heavy atom. The molecule has 0 saturated carbocycles. The van der Waals surface area contributed by atoms with Gasteiger partial charge in [0.05, 0.1) is 17.7 Å². The van der Waals surface area contributed by atoms with E-state index in [1.54, 1.807) is 6.07 Å². The Balaban J connectivity index is 2.00. The number of hydrogen-bond donors (Lipinski definition) is 0. The van der Waals surface area contributed by atoms with Gasteiger partial charge in [0, 0.05) is 26.8 Å². The molecule has 1 aliphatic rings. The van der Waals surface area contributed by atoms with E-state index in [0.717, 1.165) is 11.1 Å². The van der Waals surface area contributed by atoms with Gasteiger partial charge < -0.3 is 28.6 Å². The average Bonchev–Trinajstić information content (AvgIpc) is 3.15. The van der Waals surface area contributed by atoms with Gasteiger partial charge in [0.1, 0.15) is 11.5 Å². The van der Waals surface area contributed by atoms with Crippen LogP contribution in [-0.2, 0) is 25.5 Å². The molecule has 0 aliphatic carbocycles. The first-order valence-corrected chi connectivity index (χ1v) is 9.43. The Hall–Kier alpha value is -2.81. The van der Waals surface area contributed by atoms with Crippen LogP contribution in [0.15, 0.2) is 36.4 Å². The fourth-order valence-electron chi connectivity index (χ4n) is 3.27. The lowest BCUT2D eigenvalue weighted by molar-refractivity contribution is -0.145. The van der Waals surface area contributed by atoms with Crippen LogP contribution in [0.2, 0.25) is 5.02 Å². The van der Waals surface area contributed by atoms with Crippen molar-refractivity contribution < 1.29 is 33.3 Å². The largest absolute Gasteiger partial charge is 0.467 e. The van der Waals surface area contributed by atoms with Crippen molar-refractivity contribution in [2.45, 2.75) is 12.6 Å². The van der Waals surface area contributed by atoms with Gasteiger partial charge in [0.25, 0.3) is 5.91 Å². The molecule has 3 rings (SSSR count). The van der Waals surface area contributed by atoms with Gasteiger partial charge in [-0.25, -0.2) is 4.79 Å². The lowest BCUT2D eigenvalue weighted by Gasteiger charge is -2.24. The third-order valence-electron chi connectivity index (χ3n) is 4.62. The number of amides is 1. The molecule has 9 heteroatoms. The van der Waals surface area contributed by atoms with Gasteiger partial charge in [-0.2, -0.15) is 0 Å². The summed E-state index contributed by atoms with van der Waals surface area (Å²) in [6.45, 7) is 0.132. The smallest absolute Gasteiger partial charge is 0.333 e. The van der Waals surface area contributed by atoms with E-state index >= 15 is 0 Å². The number of carbonyl (C=O) groups excluding carboxylic acids is 2. The standard InChI is InChI=1S/C21H22ClNO7/c1-26-11-29-17-9-18(30-12-27-2)16(22)8-15(17)20(24)23-10-13-6-4-5-7-14(13)19(23)21(25)28-3/h4-9,19H,10-12H2,1-3H3. The molecule has 2 aromatic rings. The summed E-state index contributed by atoms with van der Waals surface area (Å²) in [6.07, 6.45) is 0. The van der Waals surface area contributed by atoms with Crippen LogP contribution in [0, 0.1) is 0 Å². The molecule has 160 valence electrons. The molecular formula is C21H22ClNO7. The van der Waals surface area contributed by atoms with Crippen molar-refractivity contribution in [1.29, 1.82) is 0 Å². The van der Waals surface area contributed by atoms with Crippen molar-refractivity contribution in [3.05, 3.63) is 58.1 Å². The summed E-state index contributed by atoms with van der Waals surface area (Å²) in [5, 5.41) is 0.200. The van der Waals surface area contributed by atoms with Crippen molar-refractivity contribution in [3.63, 3.8) is 0 Å². The SMILES string of the molecule is COCOc1cc(OCOC)c(C(=O)N2Cc3ccccc3C2C(=O)OC)cc1Cl. The third-order valence-corrected chi connectivity index (χ3v) is 4.91. The van der Waals surface area contributed by atoms with Crippen LogP contribution < -0.4 is 9.47 Å². The van der Waals surface area contributed by atoms with E-state index in [-0.39, 0.29) is 42.2 Å². The lowest BCUT2D eigenvalue weighted by atomic mass is 10.0. The first-order valence-electron chi connectivity index (χ1n) is 9.05. The summed E-state index contributed by atoms with van der Waals surface area (Å²) in [5.74, 6) is -0.473. The van der Waals surface area contributed by atoms with Gasteiger partial charge in [0.15, 0.2) is 19.6 Å². The molecule has 2 aromatic carbocycles. The Bertz CT molecular complexity index is 934. The zero-order valence-corrected chi connectivity index (χ0v) is 17.6. The molecule has 1 atom stereocenters. The number of methoxy groups -OCH3 is 3. The topological polar surface area (TPSA) is 83.5 Å². The highest BCUT2D eigenvalue weighted by Crippen LogP contribution is 2.39. The van der Waals surface area contributed by atoms with Crippen LogP contribution in [0.4, 0.5) is 0 Å². The van der Waals surface area contributed by atoms with Crippen LogP contribution in [0.1, 0.15) is 27.5 Å². The molecule has 0 N–H and O–H groups in total. The third kappa shape index (κ3) is 4.35. The molecule has 0 spiro atoms. The second-order valence-corrected chi connectivity index (χ2v) is 6.85. The van der Waals surface area contributed by atoms with Gasteiger partial charge in [-0.3, -0.25) is 4.79 Å². The fraction of sp³-hybridized carbons (Fsp3) is 0.333. The molecule has 30 heavy (non-hydrogen) atoms. The number of nitrogens with zero attached hydrogens (tertiary/aromatic N) is 1. The zero-order valence-electron chi connectivity index (χ0n) is 16.8. The van der Waals surface area contributed by atoms with Crippen molar-refractivity contribution in [1.82, 2.24) is 4.90 Å². The number of ether oxygens (including phenoxy) is 5. The highest BCUT2D eigenvalue weighted by Gasteiger charge is 2.40. The number of esters is 1.